The zero-order chi connectivity index (χ0) is 25.2. The number of β-amino-alcohol motifs (C(OH)–C–C–N with tert-alkyl or cyclic N) is 1. The molecule has 0 bridgehead atoms. The molecule has 192 valence electrons. The quantitative estimate of drug-likeness (QED) is 0.463. The van der Waals surface area contributed by atoms with Crippen LogP contribution in [0.2, 0.25) is 0 Å². The number of hydrogen-bond acceptors (Lipinski definition) is 9. The van der Waals surface area contributed by atoms with Gasteiger partial charge in [0.2, 0.25) is 5.95 Å². The fraction of sp³-hybridized carbons (Fsp3) is 0.519. The number of nitrogens with zero attached hydrogens (tertiary/aromatic N) is 5. The van der Waals surface area contributed by atoms with E-state index >= 15 is 0 Å². The Labute approximate surface area is 217 Å². The number of rotatable bonds is 8. The molecule has 0 saturated carbocycles. The van der Waals surface area contributed by atoms with E-state index in [1.165, 1.54) is 27.8 Å². The summed E-state index contributed by atoms with van der Waals surface area (Å²) in [6.07, 6.45) is 5.96. The number of anilines is 4. The van der Waals surface area contributed by atoms with Gasteiger partial charge < -0.3 is 25.0 Å². The third-order valence-electron chi connectivity index (χ3n) is 7.24. The van der Waals surface area contributed by atoms with Gasteiger partial charge in [-0.05, 0) is 53.5 Å². The minimum atomic E-state index is -0.558. The highest BCUT2D eigenvalue weighted by atomic mass is 32.2. The maximum atomic E-state index is 10.3. The summed E-state index contributed by atoms with van der Waals surface area (Å²) < 4.78 is 5.36. The molecule has 0 radical (unpaired) electrons. The predicted octanol–water partition coefficient (Wildman–Crippen LogP) is 4.28. The maximum absolute atomic E-state index is 10.3. The number of aromatic nitrogens is 3. The Bertz CT molecular complexity index is 1200. The number of methoxy groups -OCH3 is 1. The summed E-state index contributed by atoms with van der Waals surface area (Å²) in [7, 11) is 1.64. The number of hydrogen-bond donors (Lipinski definition) is 2. The number of ether oxygens (including phenoxy) is 1. The molecule has 2 fully saturated rings. The van der Waals surface area contributed by atoms with Gasteiger partial charge in [-0.2, -0.15) is 16.7 Å². The van der Waals surface area contributed by atoms with E-state index in [9.17, 15) is 5.11 Å². The molecule has 0 spiro atoms. The van der Waals surface area contributed by atoms with Crippen molar-refractivity contribution < 1.29 is 9.84 Å². The molecule has 0 amide bonds. The van der Waals surface area contributed by atoms with Crippen LogP contribution in [0.3, 0.4) is 0 Å². The lowest BCUT2D eigenvalue weighted by atomic mass is 9.93. The summed E-state index contributed by atoms with van der Waals surface area (Å²) in [6, 6.07) is 8.52. The van der Waals surface area contributed by atoms with E-state index in [0.29, 0.717) is 24.2 Å². The first-order valence-electron chi connectivity index (χ1n) is 12.7. The minimum absolute atomic E-state index is 0.142. The van der Waals surface area contributed by atoms with E-state index in [1.54, 1.807) is 13.3 Å². The van der Waals surface area contributed by atoms with Crippen LogP contribution in [0.4, 0.5) is 23.3 Å². The fourth-order valence-electron chi connectivity index (χ4n) is 5.27. The second kappa shape index (κ2) is 10.8. The van der Waals surface area contributed by atoms with Crippen LogP contribution in [-0.4, -0.2) is 77.6 Å². The van der Waals surface area contributed by atoms with E-state index in [2.05, 4.69) is 53.5 Å². The Morgan fingerprint density at radius 1 is 1.11 bits per heavy atom. The van der Waals surface area contributed by atoms with E-state index in [1.807, 2.05) is 28.9 Å². The topological polar surface area (TPSA) is 86.6 Å². The molecule has 2 saturated heterocycles. The summed E-state index contributed by atoms with van der Waals surface area (Å²) in [5.41, 5.74) is 2.59. The van der Waals surface area contributed by atoms with Gasteiger partial charge in [0.25, 0.3) is 0 Å². The number of aliphatic hydroxyl groups excluding tert-OH is 1. The Morgan fingerprint density at radius 3 is 2.67 bits per heavy atom. The standard InChI is InChI=1S/C27H36N6O2S/c1-17(2)19-5-6-22(33-13-18(14-33)16-36-4)21-12-29-26(11-20(19)21)30-25-7-9-28-27(31-25)32-10-8-24(35-3)23(34)15-32/h5-7,9,11-12,17-18,23-24,34H,8,10,13-16H2,1-4H3,(H,28,29,30,31). The van der Waals surface area contributed by atoms with Crippen LogP contribution in [0.1, 0.15) is 31.7 Å². The predicted molar refractivity (Wildman–Crippen MR) is 149 cm³/mol. The van der Waals surface area contributed by atoms with Crippen LogP contribution >= 0.6 is 11.8 Å². The molecule has 2 atom stereocenters. The lowest BCUT2D eigenvalue weighted by Gasteiger charge is -2.41. The highest BCUT2D eigenvalue weighted by molar-refractivity contribution is 7.98. The Balaban J connectivity index is 1.38. The second-order valence-corrected chi connectivity index (χ2v) is 11.0. The molecule has 2 aliphatic rings. The Morgan fingerprint density at radius 2 is 1.94 bits per heavy atom. The molecule has 2 aromatic heterocycles. The Hall–Kier alpha value is -2.62. The number of nitrogens with one attached hydrogen (secondary N) is 1. The number of pyridine rings is 1. The summed E-state index contributed by atoms with van der Waals surface area (Å²) >= 11 is 1.93. The number of aliphatic hydroxyl groups is 1. The minimum Gasteiger partial charge on any atom is -0.389 e. The van der Waals surface area contributed by atoms with Gasteiger partial charge in [0.1, 0.15) is 11.6 Å². The van der Waals surface area contributed by atoms with Crippen molar-refractivity contribution in [2.75, 3.05) is 60.4 Å². The van der Waals surface area contributed by atoms with E-state index in [-0.39, 0.29) is 6.10 Å². The summed E-state index contributed by atoms with van der Waals surface area (Å²) in [5.74, 6) is 4.42. The number of fused-ring (bicyclic) bond motifs is 1. The molecule has 2 unspecified atom stereocenters. The van der Waals surface area contributed by atoms with Gasteiger partial charge in [-0.25, -0.2) is 9.97 Å². The highest BCUT2D eigenvalue weighted by Gasteiger charge is 2.29. The molecule has 2 aliphatic heterocycles. The average molecular weight is 509 g/mol. The largest absolute Gasteiger partial charge is 0.389 e. The maximum Gasteiger partial charge on any atom is 0.227 e. The van der Waals surface area contributed by atoms with Crippen molar-refractivity contribution in [3.63, 3.8) is 0 Å². The summed E-state index contributed by atoms with van der Waals surface area (Å²) in [4.78, 5) is 18.4. The monoisotopic (exact) mass is 508 g/mol. The molecule has 2 N–H and O–H groups in total. The van der Waals surface area contributed by atoms with Gasteiger partial charge in [-0.3, -0.25) is 0 Å². The lowest BCUT2D eigenvalue weighted by molar-refractivity contribution is -0.0219. The number of piperidine rings is 1. The van der Waals surface area contributed by atoms with Gasteiger partial charge in [-0.1, -0.05) is 19.9 Å². The first kappa shape index (κ1) is 25.0. The van der Waals surface area contributed by atoms with Crippen LogP contribution in [0, 0.1) is 5.92 Å². The third-order valence-corrected chi connectivity index (χ3v) is 8.04. The van der Waals surface area contributed by atoms with Gasteiger partial charge in [0, 0.05) is 62.7 Å². The van der Waals surface area contributed by atoms with Crippen LogP contribution in [0.25, 0.3) is 10.8 Å². The molecule has 4 heterocycles. The van der Waals surface area contributed by atoms with Crippen LogP contribution in [-0.2, 0) is 4.74 Å². The van der Waals surface area contributed by atoms with Gasteiger partial charge in [-0.15, -0.1) is 0 Å². The molecular formula is C27H36N6O2S. The normalized spacial score (nSPS) is 20.7. The van der Waals surface area contributed by atoms with Crippen LogP contribution in [0.15, 0.2) is 36.7 Å². The fourth-order valence-corrected chi connectivity index (χ4v) is 5.95. The summed E-state index contributed by atoms with van der Waals surface area (Å²) in [6.45, 7) is 7.87. The van der Waals surface area contributed by atoms with E-state index < -0.39 is 6.10 Å². The van der Waals surface area contributed by atoms with Crippen LogP contribution < -0.4 is 15.1 Å². The van der Waals surface area contributed by atoms with E-state index in [4.69, 9.17) is 14.7 Å². The van der Waals surface area contributed by atoms with E-state index in [0.717, 1.165) is 37.8 Å². The smallest absolute Gasteiger partial charge is 0.227 e. The molecule has 9 heteroatoms. The van der Waals surface area contributed by atoms with Crippen molar-refractivity contribution in [3.05, 3.63) is 42.2 Å². The van der Waals surface area contributed by atoms with Crippen molar-refractivity contribution in [2.24, 2.45) is 5.92 Å². The average Bonchev–Trinajstić information content (AvgIpc) is 2.85. The Kier molecular flexibility index (Phi) is 7.50. The third kappa shape index (κ3) is 5.10. The molecule has 5 rings (SSSR count). The van der Waals surface area contributed by atoms with Crippen molar-refractivity contribution in [3.8, 4) is 0 Å². The molecule has 36 heavy (non-hydrogen) atoms. The molecular weight excluding hydrogens is 472 g/mol. The highest BCUT2D eigenvalue weighted by Crippen LogP contribution is 2.37. The van der Waals surface area contributed by atoms with Crippen molar-refractivity contribution in [2.45, 2.75) is 38.4 Å². The number of benzene rings is 1. The molecule has 0 aliphatic carbocycles. The van der Waals surface area contributed by atoms with Crippen molar-refractivity contribution in [1.82, 2.24) is 15.0 Å². The number of thioether (sulfide) groups is 1. The van der Waals surface area contributed by atoms with Gasteiger partial charge >= 0.3 is 0 Å². The second-order valence-electron chi connectivity index (χ2n) is 10.1. The SMILES string of the molecule is COC1CCN(c2nccc(Nc3cc4c(C(C)C)ccc(N5CC(CSC)C5)c4cn3)n2)CC1O. The zero-order valence-corrected chi connectivity index (χ0v) is 22.3. The van der Waals surface area contributed by atoms with Crippen molar-refractivity contribution in [1.29, 1.82) is 0 Å². The molecule has 1 aromatic carbocycles. The van der Waals surface area contributed by atoms with Gasteiger partial charge in [0.15, 0.2) is 0 Å². The molecule has 8 nitrogen and oxygen atoms in total. The first-order chi connectivity index (χ1) is 17.5. The first-order valence-corrected chi connectivity index (χ1v) is 14.1. The van der Waals surface area contributed by atoms with Gasteiger partial charge in [0.05, 0.1) is 12.2 Å². The summed E-state index contributed by atoms with van der Waals surface area (Å²) in [5, 5.41) is 16.2. The van der Waals surface area contributed by atoms with Crippen molar-refractivity contribution >= 4 is 45.8 Å². The molecule has 3 aromatic rings. The zero-order valence-electron chi connectivity index (χ0n) is 21.5. The van der Waals surface area contributed by atoms with Crippen LogP contribution in [0.5, 0.6) is 0 Å². The lowest BCUT2D eigenvalue weighted by Crippen LogP contribution is -2.48.